The van der Waals surface area contributed by atoms with Gasteiger partial charge in [-0.2, -0.15) is 13.2 Å². The van der Waals surface area contributed by atoms with Crippen LogP contribution in [0.4, 0.5) is 13.2 Å². The van der Waals surface area contributed by atoms with Gasteiger partial charge in [0.15, 0.2) is 0 Å². The Labute approximate surface area is 113 Å². The summed E-state index contributed by atoms with van der Waals surface area (Å²) in [5.74, 6) is 0.646. The Morgan fingerprint density at radius 3 is 2.55 bits per heavy atom. The highest BCUT2D eigenvalue weighted by Gasteiger charge is 2.33. The summed E-state index contributed by atoms with van der Waals surface area (Å²) in [6.45, 7) is 4.32. The molecule has 0 fully saturated rings. The molecule has 0 aliphatic carbocycles. The molecule has 0 bridgehead atoms. The van der Waals surface area contributed by atoms with Gasteiger partial charge in [0.1, 0.15) is 11.3 Å². The zero-order chi connectivity index (χ0) is 14.9. The number of hydrogen-bond donors (Lipinski definition) is 0. The summed E-state index contributed by atoms with van der Waals surface area (Å²) >= 11 is 0. The van der Waals surface area contributed by atoms with Crippen LogP contribution >= 0.6 is 0 Å². The van der Waals surface area contributed by atoms with E-state index in [2.05, 4.69) is 0 Å². The monoisotopic (exact) mass is 286 g/mol. The molecule has 0 radical (unpaired) electrons. The second-order valence-electron chi connectivity index (χ2n) is 4.84. The Bertz CT molecular complexity index is 671. The van der Waals surface area contributed by atoms with E-state index in [0.29, 0.717) is 18.4 Å². The number of halogens is 3. The second kappa shape index (κ2) is 5.19. The topological polar surface area (TPSA) is 39.4 Å². The smallest absolute Gasteiger partial charge is 0.417 e. The maximum Gasteiger partial charge on any atom is 0.417 e. The number of hydrogen-bond acceptors (Lipinski definition) is 3. The molecule has 0 saturated carbocycles. The quantitative estimate of drug-likeness (QED) is 0.805. The normalized spacial score (nSPS) is 12.1. The predicted molar refractivity (Wildman–Crippen MR) is 67.8 cm³/mol. The van der Waals surface area contributed by atoms with E-state index in [0.717, 1.165) is 0 Å². The number of rotatable bonds is 3. The van der Waals surface area contributed by atoms with Gasteiger partial charge in [-0.25, -0.2) is 4.79 Å². The summed E-state index contributed by atoms with van der Waals surface area (Å²) in [6.07, 6.45) is -4.60. The van der Waals surface area contributed by atoms with Gasteiger partial charge < -0.3 is 9.15 Å². The highest BCUT2D eigenvalue weighted by molar-refractivity contribution is 5.82. The van der Waals surface area contributed by atoms with Gasteiger partial charge in [-0.15, -0.1) is 0 Å². The first-order chi connectivity index (χ1) is 9.27. The van der Waals surface area contributed by atoms with Crippen LogP contribution in [0.1, 0.15) is 19.4 Å². The van der Waals surface area contributed by atoms with Crippen molar-refractivity contribution in [3.63, 3.8) is 0 Å². The van der Waals surface area contributed by atoms with Crippen LogP contribution in [0.3, 0.4) is 0 Å². The molecule has 0 amide bonds. The minimum atomic E-state index is -4.60. The first kappa shape index (κ1) is 14.4. The van der Waals surface area contributed by atoms with E-state index in [9.17, 15) is 18.0 Å². The molecule has 1 heterocycles. The first-order valence-corrected chi connectivity index (χ1v) is 6.05. The van der Waals surface area contributed by atoms with Crippen LogP contribution < -0.4 is 10.4 Å². The summed E-state index contributed by atoms with van der Waals surface area (Å²) in [6, 6.07) is 4.43. The molecule has 6 heteroatoms. The number of ether oxygens (including phenoxy) is 1. The second-order valence-corrected chi connectivity index (χ2v) is 4.84. The molecular weight excluding hydrogens is 273 g/mol. The van der Waals surface area contributed by atoms with Crippen molar-refractivity contribution in [2.75, 3.05) is 6.61 Å². The van der Waals surface area contributed by atoms with Crippen LogP contribution in [-0.2, 0) is 6.18 Å². The average molecular weight is 286 g/mol. The zero-order valence-electron chi connectivity index (χ0n) is 11.0. The Hall–Kier alpha value is -1.98. The van der Waals surface area contributed by atoms with Gasteiger partial charge in [-0.05, 0) is 18.1 Å². The lowest BCUT2D eigenvalue weighted by atomic mass is 10.1. The van der Waals surface area contributed by atoms with Crippen molar-refractivity contribution >= 4 is 11.0 Å². The van der Waals surface area contributed by atoms with Crippen molar-refractivity contribution in [2.24, 2.45) is 5.92 Å². The van der Waals surface area contributed by atoms with Crippen molar-refractivity contribution in [3.8, 4) is 5.75 Å². The molecular formula is C14H13F3O3. The number of alkyl halides is 3. The van der Waals surface area contributed by atoms with Crippen molar-refractivity contribution in [1.82, 2.24) is 0 Å². The van der Waals surface area contributed by atoms with E-state index in [-0.39, 0.29) is 16.9 Å². The van der Waals surface area contributed by atoms with Gasteiger partial charge in [0.05, 0.1) is 12.2 Å². The van der Waals surface area contributed by atoms with E-state index in [1.54, 1.807) is 0 Å². The van der Waals surface area contributed by atoms with Crippen LogP contribution in [-0.4, -0.2) is 6.61 Å². The summed E-state index contributed by atoms with van der Waals surface area (Å²) in [7, 11) is 0. The van der Waals surface area contributed by atoms with Gasteiger partial charge in [-0.3, -0.25) is 0 Å². The van der Waals surface area contributed by atoms with Crippen molar-refractivity contribution in [2.45, 2.75) is 20.0 Å². The fourth-order valence-electron chi connectivity index (χ4n) is 1.73. The molecule has 0 N–H and O–H groups in total. The fraction of sp³-hybridized carbons (Fsp3) is 0.357. The largest absolute Gasteiger partial charge is 0.493 e. The molecule has 1 aromatic heterocycles. The predicted octanol–water partition coefficient (Wildman–Crippen LogP) is 3.85. The lowest BCUT2D eigenvalue weighted by Gasteiger charge is -2.11. The third-order valence-corrected chi connectivity index (χ3v) is 2.60. The molecule has 0 aliphatic heterocycles. The summed E-state index contributed by atoms with van der Waals surface area (Å²) < 4.78 is 48.7. The Balaban J connectivity index is 2.51. The third kappa shape index (κ3) is 3.12. The fourth-order valence-corrected chi connectivity index (χ4v) is 1.73. The minimum Gasteiger partial charge on any atom is -0.493 e. The molecule has 108 valence electrons. The van der Waals surface area contributed by atoms with Crippen LogP contribution in [0.15, 0.2) is 33.5 Å². The first-order valence-electron chi connectivity index (χ1n) is 6.05. The molecule has 20 heavy (non-hydrogen) atoms. The molecule has 0 atom stereocenters. The van der Waals surface area contributed by atoms with Gasteiger partial charge in [0.25, 0.3) is 0 Å². The van der Waals surface area contributed by atoms with E-state index in [1.807, 2.05) is 13.8 Å². The molecule has 0 spiro atoms. The standard InChI is InChI=1S/C14H13F3O3/c1-8(2)7-19-9-3-4-10-11(14(15,16)17)6-13(18)20-12(10)5-9/h3-6,8H,7H2,1-2H3. The Morgan fingerprint density at radius 2 is 1.95 bits per heavy atom. The maximum absolute atomic E-state index is 12.8. The lowest BCUT2D eigenvalue weighted by Crippen LogP contribution is -2.11. The van der Waals surface area contributed by atoms with Crippen molar-refractivity contribution in [1.29, 1.82) is 0 Å². The SMILES string of the molecule is CC(C)COc1ccc2c(C(F)(F)F)cc(=O)oc2c1. The van der Waals surface area contributed by atoms with E-state index >= 15 is 0 Å². The number of fused-ring (bicyclic) bond motifs is 1. The Morgan fingerprint density at radius 1 is 1.25 bits per heavy atom. The van der Waals surface area contributed by atoms with Gasteiger partial charge in [0, 0.05) is 17.5 Å². The minimum absolute atomic E-state index is 0.133. The molecule has 2 rings (SSSR count). The maximum atomic E-state index is 12.8. The van der Waals surface area contributed by atoms with Crippen LogP contribution in [0, 0.1) is 5.92 Å². The van der Waals surface area contributed by atoms with Crippen LogP contribution in [0.25, 0.3) is 11.0 Å². The molecule has 3 nitrogen and oxygen atoms in total. The summed E-state index contributed by atoms with van der Waals surface area (Å²) in [4.78, 5) is 11.2. The van der Waals surface area contributed by atoms with Crippen LogP contribution in [0.5, 0.6) is 5.75 Å². The highest BCUT2D eigenvalue weighted by Crippen LogP contribution is 2.34. The molecule has 0 unspecified atom stereocenters. The van der Waals surface area contributed by atoms with Crippen molar-refractivity contribution < 1.29 is 22.3 Å². The highest BCUT2D eigenvalue weighted by atomic mass is 19.4. The summed E-state index contributed by atoms with van der Waals surface area (Å²) in [5, 5.41) is -0.158. The van der Waals surface area contributed by atoms with E-state index < -0.39 is 17.4 Å². The van der Waals surface area contributed by atoms with E-state index in [1.165, 1.54) is 18.2 Å². The van der Waals surface area contributed by atoms with E-state index in [4.69, 9.17) is 9.15 Å². The van der Waals surface area contributed by atoms with Gasteiger partial charge in [-0.1, -0.05) is 13.8 Å². The van der Waals surface area contributed by atoms with Crippen LogP contribution in [0.2, 0.25) is 0 Å². The summed E-state index contributed by atoms with van der Waals surface area (Å²) in [5.41, 5.74) is -2.17. The average Bonchev–Trinajstić information content (AvgIpc) is 2.33. The van der Waals surface area contributed by atoms with Crippen molar-refractivity contribution in [3.05, 3.63) is 40.2 Å². The number of benzene rings is 1. The lowest BCUT2D eigenvalue weighted by molar-refractivity contribution is -0.136. The zero-order valence-corrected chi connectivity index (χ0v) is 11.0. The molecule has 1 aromatic carbocycles. The Kier molecular flexibility index (Phi) is 3.74. The third-order valence-electron chi connectivity index (χ3n) is 2.60. The molecule has 2 aromatic rings. The molecule has 0 saturated heterocycles. The van der Waals surface area contributed by atoms with Gasteiger partial charge in [0.2, 0.25) is 0 Å². The van der Waals surface area contributed by atoms with Gasteiger partial charge >= 0.3 is 11.8 Å². The molecule has 0 aliphatic rings.